The Labute approximate surface area is 131 Å². The molecule has 0 aromatic carbocycles. The molecule has 0 nitrogen and oxygen atoms in total. The number of rotatable bonds is 3. The van der Waals surface area contributed by atoms with Gasteiger partial charge in [0.25, 0.3) is 0 Å². The van der Waals surface area contributed by atoms with Gasteiger partial charge in [-0.25, -0.2) is 17.7 Å². The van der Waals surface area contributed by atoms with Crippen molar-refractivity contribution in [1.82, 2.24) is 0 Å². The van der Waals surface area contributed by atoms with Crippen LogP contribution in [0.15, 0.2) is 17.2 Å². The van der Waals surface area contributed by atoms with Crippen LogP contribution in [0.5, 0.6) is 0 Å². The van der Waals surface area contributed by atoms with Gasteiger partial charge in [0.15, 0.2) is 0 Å². The minimum atomic E-state index is 0. The first kappa shape index (κ1) is 20.1. The van der Waals surface area contributed by atoms with Gasteiger partial charge in [-0.15, -0.1) is 0 Å². The van der Waals surface area contributed by atoms with Crippen LogP contribution < -0.4 is 48.0 Å². The molecule has 1 radical (unpaired) electrons. The van der Waals surface area contributed by atoms with E-state index in [4.69, 9.17) is 0 Å². The molecule has 0 fully saturated rings. The molecule has 73 valence electrons. The zero-order valence-electron chi connectivity index (χ0n) is 8.16. The number of unbranched alkanes of at least 4 members (excludes halogenated alkanes) is 1. The Balaban J connectivity index is -0.000000333. The van der Waals surface area contributed by atoms with Gasteiger partial charge < -0.3 is 48.0 Å². The van der Waals surface area contributed by atoms with E-state index in [0.29, 0.717) is 0 Å². The molecule has 1 rings (SSSR count). The van der Waals surface area contributed by atoms with E-state index in [-0.39, 0.29) is 69.7 Å². The Morgan fingerprint density at radius 1 is 1.38 bits per heavy atom. The summed E-state index contributed by atoms with van der Waals surface area (Å²) in [7, 11) is 0. The van der Waals surface area contributed by atoms with Crippen LogP contribution in [0.1, 0.15) is 39.5 Å². The predicted molar refractivity (Wildman–Crippen MR) is 44.7 cm³/mol. The van der Waals surface area contributed by atoms with Crippen molar-refractivity contribution in [1.29, 1.82) is 0 Å². The van der Waals surface area contributed by atoms with Gasteiger partial charge in [0.1, 0.15) is 0 Å². The van der Waals surface area contributed by atoms with Crippen molar-refractivity contribution in [3.8, 4) is 0 Å². The van der Waals surface area contributed by atoms with Gasteiger partial charge in [-0.2, -0.15) is 5.57 Å². The van der Waals surface area contributed by atoms with Gasteiger partial charge in [-0.1, -0.05) is 39.5 Å². The maximum atomic E-state index is 3.37. The van der Waals surface area contributed by atoms with Crippen LogP contribution in [0.2, 0.25) is 0 Å². The molecular weight excluding hydrogens is 422 g/mol. The Hall–Kier alpha value is 1.65. The van der Waals surface area contributed by atoms with Gasteiger partial charge >= 0.3 is 21.7 Å². The fraction of sp³-hybridized carbons (Fsp3) is 0.600. The fourth-order valence-corrected chi connectivity index (χ4v) is 1.18. The first-order valence-electron chi connectivity index (χ1n) is 4.11. The predicted octanol–water partition coefficient (Wildman–Crippen LogP) is -2.74. The Morgan fingerprint density at radius 3 is 2.38 bits per heavy atom. The summed E-state index contributed by atoms with van der Waals surface area (Å²) in [5.74, 6) is 0. The quantitative estimate of drug-likeness (QED) is 0.256. The normalized spacial score (nSPS) is 13.1. The second-order valence-electron chi connectivity index (χ2n) is 2.94. The van der Waals surface area contributed by atoms with Crippen LogP contribution in [0, 0.1) is 6.08 Å². The molecule has 0 atom stereocenters. The smallest absolute Gasteiger partial charge is 1.00 e. The van der Waals surface area contributed by atoms with Crippen LogP contribution in [-0.2, 0) is 21.7 Å². The van der Waals surface area contributed by atoms with E-state index in [9.17, 15) is 0 Å². The molecule has 0 saturated heterocycles. The van der Waals surface area contributed by atoms with Crippen LogP contribution in [0.4, 0.5) is 0 Å². The van der Waals surface area contributed by atoms with E-state index >= 15 is 0 Å². The Bertz CT molecular complexity index is 174. The minimum absolute atomic E-state index is 0. The molecule has 0 heterocycles. The van der Waals surface area contributed by atoms with E-state index in [1.807, 2.05) is 0 Å². The van der Waals surface area contributed by atoms with Crippen molar-refractivity contribution in [2.24, 2.45) is 0 Å². The van der Waals surface area contributed by atoms with E-state index < -0.39 is 0 Å². The largest absolute Gasteiger partial charge is 3.00 e. The van der Waals surface area contributed by atoms with Crippen molar-refractivity contribution in [3.05, 3.63) is 23.3 Å². The summed E-state index contributed by atoms with van der Waals surface area (Å²) < 4.78 is 0. The second kappa shape index (κ2) is 11.7. The summed E-state index contributed by atoms with van der Waals surface area (Å²) in [6.07, 6.45) is 10.6. The van der Waals surface area contributed by atoms with E-state index in [0.717, 1.165) is 6.42 Å². The van der Waals surface area contributed by atoms with Crippen LogP contribution in [0.25, 0.3) is 0 Å². The summed E-state index contributed by atoms with van der Waals surface area (Å²) in [6, 6.07) is 0. The summed E-state index contributed by atoms with van der Waals surface area (Å²) in [5, 5.41) is 0. The fourth-order valence-electron chi connectivity index (χ4n) is 1.18. The molecule has 0 N–H and O–H groups in total. The van der Waals surface area contributed by atoms with Gasteiger partial charge in [0.2, 0.25) is 0 Å². The first-order chi connectivity index (χ1) is 4.83. The van der Waals surface area contributed by atoms with Gasteiger partial charge in [-0.3, -0.25) is 0 Å². The molecule has 1 aliphatic rings. The molecule has 0 spiro atoms. The molecule has 0 aromatic heterocycles. The van der Waals surface area contributed by atoms with Crippen LogP contribution in [0.3, 0.4) is 0 Å². The zero-order chi connectivity index (χ0) is 7.40. The topological polar surface area (TPSA) is 0 Å². The Morgan fingerprint density at radius 2 is 2.00 bits per heavy atom. The number of hydrogen-bond acceptors (Lipinski definition) is 0. The van der Waals surface area contributed by atoms with Crippen LogP contribution >= 0.6 is 0 Å². The third kappa shape index (κ3) is 8.64. The molecule has 0 amide bonds. The average Bonchev–Trinajstić information content (AvgIpc) is 2.31. The number of halogens is 2. The average molecular weight is 437 g/mol. The van der Waals surface area contributed by atoms with Crippen molar-refractivity contribution >= 4 is 0 Å². The summed E-state index contributed by atoms with van der Waals surface area (Å²) in [5.41, 5.74) is 2.82. The maximum Gasteiger partial charge on any atom is 3.00 e. The summed E-state index contributed by atoms with van der Waals surface area (Å²) in [4.78, 5) is 0. The molecule has 0 unspecified atom stereocenters. The molecule has 0 saturated carbocycles. The SMILES string of the molecule is CCCCC1=CCC(C)=[C-]1.[I-].[I-].[Ti+3]. The molecule has 13 heavy (non-hydrogen) atoms. The third-order valence-corrected chi connectivity index (χ3v) is 1.83. The minimum Gasteiger partial charge on any atom is -1.00 e. The van der Waals surface area contributed by atoms with Crippen molar-refractivity contribution in [3.63, 3.8) is 0 Å². The monoisotopic (exact) mass is 437 g/mol. The van der Waals surface area contributed by atoms with Crippen molar-refractivity contribution < 1.29 is 69.7 Å². The van der Waals surface area contributed by atoms with Gasteiger partial charge in [0, 0.05) is 0 Å². The second-order valence-corrected chi connectivity index (χ2v) is 2.94. The zero-order valence-corrected chi connectivity index (χ0v) is 14.0. The van der Waals surface area contributed by atoms with Crippen LogP contribution in [-0.4, -0.2) is 0 Å². The van der Waals surface area contributed by atoms with Crippen molar-refractivity contribution in [2.75, 3.05) is 0 Å². The molecule has 1 aliphatic carbocycles. The molecule has 0 aromatic rings. The molecular formula is C10H15I2Ti. The standard InChI is InChI=1S/C10H15.2HI.Ti/c1-3-4-5-10-7-6-9(2)8-10;;;/h7H,3-6H2,1-2H3;2*1H;/q-1;;;+3/p-2. The van der Waals surface area contributed by atoms with E-state index in [2.05, 4.69) is 26.0 Å². The summed E-state index contributed by atoms with van der Waals surface area (Å²) in [6.45, 7) is 4.38. The number of hydrogen-bond donors (Lipinski definition) is 0. The first-order valence-corrected chi connectivity index (χ1v) is 4.11. The maximum absolute atomic E-state index is 3.37. The molecule has 0 aliphatic heterocycles. The van der Waals surface area contributed by atoms with Gasteiger partial charge in [0.05, 0.1) is 0 Å². The van der Waals surface area contributed by atoms with E-state index in [1.165, 1.54) is 30.4 Å². The van der Waals surface area contributed by atoms with Crippen molar-refractivity contribution in [2.45, 2.75) is 39.5 Å². The number of allylic oxidation sites excluding steroid dienone is 4. The van der Waals surface area contributed by atoms with Gasteiger partial charge in [-0.05, 0) is 0 Å². The third-order valence-electron chi connectivity index (χ3n) is 1.83. The summed E-state index contributed by atoms with van der Waals surface area (Å²) >= 11 is 0. The Kier molecular flexibility index (Phi) is 18.1. The molecule has 3 heteroatoms. The van der Waals surface area contributed by atoms with E-state index in [1.54, 1.807) is 0 Å². The molecule has 0 bridgehead atoms.